The van der Waals surface area contributed by atoms with Gasteiger partial charge < -0.3 is 19.4 Å². The maximum atomic E-state index is 12.5. The molecule has 5 nitrogen and oxygen atoms in total. The van der Waals surface area contributed by atoms with Crippen molar-refractivity contribution in [1.82, 2.24) is 0 Å². The lowest BCUT2D eigenvalue weighted by Gasteiger charge is -2.10. The zero-order chi connectivity index (χ0) is 15.9. The Hall–Kier alpha value is -2.22. The molecule has 0 spiro atoms. The Labute approximate surface area is 138 Å². The van der Waals surface area contributed by atoms with Crippen LogP contribution in [0.4, 0.5) is 0 Å². The Kier molecular flexibility index (Phi) is 3.69. The van der Waals surface area contributed by atoms with E-state index in [0.717, 1.165) is 9.64 Å². The molecule has 22 heavy (non-hydrogen) atoms. The molecule has 3 rings (SSSR count). The van der Waals surface area contributed by atoms with Gasteiger partial charge in [-0.05, 0) is 34.7 Å². The van der Waals surface area contributed by atoms with Crippen molar-refractivity contribution in [3.05, 3.63) is 50.2 Å². The summed E-state index contributed by atoms with van der Waals surface area (Å²) in [4.78, 5) is 12.5. The molecule has 0 saturated carbocycles. The Morgan fingerprint density at radius 3 is 2.45 bits per heavy atom. The summed E-state index contributed by atoms with van der Waals surface area (Å²) < 4.78 is 11.9. The van der Waals surface area contributed by atoms with Crippen molar-refractivity contribution in [3.8, 4) is 28.6 Å². The van der Waals surface area contributed by atoms with E-state index in [2.05, 4.69) is 22.6 Å². The van der Waals surface area contributed by atoms with Gasteiger partial charge in [-0.15, -0.1) is 0 Å². The smallest absolute Gasteiger partial charge is 0.239 e. The number of hydrogen-bond acceptors (Lipinski definition) is 5. The first-order chi connectivity index (χ1) is 10.5. The fourth-order valence-electron chi connectivity index (χ4n) is 2.24. The third-order valence-corrected chi connectivity index (χ3v) is 3.95. The number of halogens is 1. The highest BCUT2D eigenvalue weighted by Crippen LogP contribution is 2.35. The number of fused-ring (bicyclic) bond motifs is 1. The summed E-state index contributed by atoms with van der Waals surface area (Å²) in [6, 6.07) is 9.72. The molecule has 2 N–H and O–H groups in total. The molecular weight excluding hydrogens is 399 g/mol. The Morgan fingerprint density at radius 1 is 1.14 bits per heavy atom. The van der Waals surface area contributed by atoms with Crippen LogP contribution in [0.15, 0.2) is 45.6 Å². The molecule has 0 fully saturated rings. The first-order valence-corrected chi connectivity index (χ1v) is 7.42. The zero-order valence-electron chi connectivity index (χ0n) is 11.5. The molecule has 0 radical (unpaired) electrons. The third kappa shape index (κ3) is 2.39. The predicted octanol–water partition coefficient (Wildman–Crippen LogP) is 3.48. The quantitative estimate of drug-likeness (QED) is 0.633. The normalized spacial score (nSPS) is 10.8. The van der Waals surface area contributed by atoms with E-state index >= 15 is 0 Å². The fourth-order valence-corrected chi connectivity index (χ4v) is 2.60. The van der Waals surface area contributed by atoms with Crippen molar-refractivity contribution in [2.24, 2.45) is 0 Å². The molecule has 0 aliphatic heterocycles. The highest BCUT2D eigenvalue weighted by Gasteiger charge is 2.19. The molecule has 0 aliphatic carbocycles. The average molecular weight is 410 g/mol. The van der Waals surface area contributed by atoms with Gasteiger partial charge in [-0.1, -0.05) is 12.1 Å². The lowest BCUT2D eigenvalue weighted by atomic mass is 10.1. The van der Waals surface area contributed by atoms with Crippen LogP contribution in [0.25, 0.3) is 22.3 Å². The summed E-state index contributed by atoms with van der Waals surface area (Å²) in [6.45, 7) is 0. The minimum absolute atomic E-state index is 0.00898. The third-order valence-electron chi connectivity index (χ3n) is 3.23. The van der Waals surface area contributed by atoms with Crippen molar-refractivity contribution in [2.45, 2.75) is 0 Å². The molecule has 1 aromatic heterocycles. The molecule has 2 aromatic carbocycles. The standard InChI is InChI=1S/C16H11IO5/c1-21-16-14(20)13-11(19)6-10(18)7-12(13)22-15(16)8-2-4-9(17)5-3-8/h2-7,18-19H,1H3. The second-order valence-corrected chi connectivity index (χ2v) is 5.88. The monoisotopic (exact) mass is 410 g/mol. The Bertz CT molecular complexity index is 912. The lowest BCUT2D eigenvalue weighted by molar-refractivity contribution is 0.397. The molecule has 112 valence electrons. The molecule has 1 heterocycles. The van der Waals surface area contributed by atoms with Crippen molar-refractivity contribution in [2.75, 3.05) is 7.11 Å². The number of ether oxygens (including phenoxy) is 1. The van der Waals surface area contributed by atoms with Crippen molar-refractivity contribution < 1.29 is 19.4 Å². The first-order valence-electron chi connectivity index (χ1n) is 6.34. The first kappa shape index (κ1) is 14.7. The summed E-state index contributed by atoms with van der Waals surface area (Å²) in [6.07, 6.45) is 0. The van der Waals surface area contributed by atoms with Crippen molar-refractivity contribution in [1.29, 1.82) is 0 Å². The molecule has 0 atom stereocenters. The van der Waals surface area contributed by atoms with Gasteiger partial charge in [0, 0.05) is 21.3 Å². The lowest BCUT2D eigenvalue weighted by Crippen LogP contribution is -2.07. The van der Waals surface area contributed by atoms with Gasteiger partial charge in [0.05, 0.1) is 7.11 Å². The highest BCUT2D eigenvalue weighted by atomic mass is 127. The van der Waals surface area contributed by atoms with Crippen LogP contribution in [0, 0.1) is 3.57 Å². The number of rotatable bonds is 2. The maximum absolute atomic E-state index is 12.5. The van der Waals surface area contributed by atoms with Crippen LogP contribution >= 0.6 is 22.6 Å². The van der Waals surface area contributed by atoms with Crippen LogP contribution in [0.2, 0.25) is 0 Å². The number of phenolic OH excluding ortho intramolecular Hbond substituents is 2. The minimum atomic E-state index is -0.491. The van der Waals surface area contributed by atoms with Gasteiger partial charge in [0.25, 0.3) is 0 Å². The molecule has 0 aliphatic rings. The number of benzene rings is 2. The molecule has 0 unspecified atom stereocenters. The number of aromatic hydroxyl groups is 2. The fraction of sp³-hybridized carbons (Fsp3) is 0.0625. The van der Waals surface area contributed by atoms with Crippen LogP contribution in [-0.4, -0.2) is 17.3 Å². The van der Waals surface area contributed by atoms with E-state index < -0.39 is 5.43 Å². The van der Waals surface area contributed by atoms with Gasteiger partial charge in [0.1, 0.15) is 22.5 Å². The number of hydrogen-bond donors (Lipinski definition) is 2. The minimum Gasteiger partial charge on any atom is -0.508 e. The Morgan fingerprint density at radius 2 is 1.82 bits per heavy atom. The van der Waals surface area contributed by atoms with Crippen molar-refractivity contribution >= 4 is 33.6 Å². The van der Waals surface area contributed by atoms with Crippen LogP contribution in [-0.2, 0) is 0 Å². The maximum Gasteiger partial charge on any atom is 0.239 e. The van der Waals surface area contributed by atoms with Gasteiger partial charge in [-0.2, -0.15) is 0 Å². The van der Waals surface area contributed by atoms with Crippen molar-refractivity contribution in [3.63, 3.8) is 0 Å². The van der Waals surface area contributed by atoms with E-state index in [1.54, 1.807) is 12.1 Å². The van der Waals surface area contributed by atoms with E-state index in [9.17, 15) is 15.0 Å². The summed E-state index contributed by atoms with van der Waals surface area (Å²) in [7, 11) is 1.37. The Balaban J connectivity index is 2.40. The number of phenols is 2. The van der Waals surface area contributed by atoms with E-state index in [1.807, 2.05) is 12.1 Å². The number of methoxy groups -OCH3 is 1. The molecule has 6 heteroatoms. The van der Waals surface area contributed by atoms with Gasteiger partial charge in [0.15, 0.2) is 5.76 Å². The molecule has 0 saturated heterocycles. The topological polar surface area (TPSA) is 79.9 Å². The van der Waals surface area contributed by atoms with E-state index in [-0.39, 0.29) is 34.0 Å². The highest BCUT2D eigenvalue weighted by molar-refractivity contribution is 14.1. The van der Waals surface area contributed by atoms with Gasteiger partial charge in [-0.25, -0.2) is 0 Å². The largest absolute Gasteiger partial charge is 0.508 e. The van der Waals surface area contributed by atoms with Crippen LogP contribution in [0.5, 0.6) is 17.2 Å². The summed E-state index contributed by atoms with van der Waals surface area (Å²) in [5.41, 5.74) is 0.269. The van der Waals surface area contributed by atoms with E-state index in [1.165, 1.54) is 13.2 Å². The van der Waals surface area contributed by atoms with Crippen LogP contribution in [0.1, 0.15) is 0 Å². The second kappa shape index (κ2) is 5.53. The van der Waals surface area contributed by atoms with Gasteiger partial charge in [-0.3, -0.25) is 4.79 Å². The average Bonchev–Trinajstić information content (AvgIpc) is 2.47. The van der Waals surface area contributed by atoms with Gasteiger partial charge >= 0.3 is 0 Å². The summed E-state index contributed by atoms with van der Waals surface area (Å²) in [5, 5.41) is 19.4. The molecule has 0 bridgehead atoms. The van der Waals surface area contributed by atoms with Gasteiger partial charge in [0.2, 0.25) is 11.2 Å². The zero-order valence-corrected chi connectivity index (χ0v) is 13.6. The van der Waals surface area contributed by atoms with E-state index in [4.69, 9.17) is 9.15 Å². The van der Waals surface area contributed by atoms with E-state index in [0.29, 0.717) is 5.56 Å². The summed E-state index contributed by atoms with van der Waals surface area (Å²) in [5.74, 6) is -0.279. The SMILES string of the molecule is COc1c(-c2ccc(I)cc2)oc2cc(O)cc(O)c2c1=O. The predicted molar refractivity (Wildman–Crippen MR) is 90.5 cm³/mol. The summed E-state index contributed by atoms with van der Waals surface area (Å²) >= 11 is 2.17. The van der Waals surface area contributed by atoms with Crippen LogP contribution < -0.4 is 10.2 Å². The second-order valence-electron chi connectivity index (χ2n) is 4.64. The van der Waals surface area contributed by atoms with Crippen LogP contribution in [0.3, 0.4) is 0 Å². The molecular formula is C16H11IO5. The molecule has 3 aromatic rings. The molecule has 0 amide bonds.